The van der Waals surface area contributed by atoms with Gasteiger partial charge in [0.1, 0.15) is 11.5 Å². The first kappa shape index (κ1) is 12.9. The number of anilines is 2. The molecule has 5 heteroatoms. The van der Waals surface area contributed by atoms with Gasteiger partial charge in [0.15, 0.2) is 0 Å². The Morgan fingerprint density at radius 3 is 2.58 bits per heavy atom. The van der Waals surface area contributed by atoms with Crippen molar-refractivity contribution in [3.8, 4) is 0 Å². The number of hydrogen-bond donors (Lipinski definition) is 3. The fourth-order valence-electron chi connectivity index (χ4n) is 1.69. The summed E-state index contributed by atoms with van der Waals surface area (Å²) in [7, 11) is 0. The van der Waals surface area contributed by atoms with E-state index in [1.807, 2.05) is 24.3 Å². The van der Waals surface area contributed by atoms with E-state index in [9.17, 15) is 4.79 Å². The fraction of sp³-hybridized carbons (Fsp3) is 0.143. The normalized spacial score (nSPS) is 10.1. The number of primary amides is 1. The number of aromatic nitrogens is 1. The van der Waals surface area contributed by atoms with Crippen LogP contribution in [0.3, 0.4) is 0 Å². The average molecular weight is 256 g/mol. The molecule has 5 nitrogen and oxygen atoms in total. The molecule has 1 heterocycles. The molecule has 1 amide bonds. The maximum Gasteiger partial charge on any atom is 0.267 e. The van der Waals surface area contributed by atoms with Crippen LogP contribution in [0.25, 0.3) is 0 Å². The molecule has 98 valence electrons. The molecular formula is C14H16N4O. The van der Waals surface area contributed by atoms with Gasteiger partial charge in [-0.05, 0) is 36.2 Å². The summed E-state index contributed by atoms with van der Waals surface area (Å²) in [5.74, 6) is 0.119. The van der Waals surface area contributed by atoms with E-state index < -0.39 is 5.91 Å². The summed E-state index contributed by atoms with van der Waals surface area (Å²) >= 11 is 0. The molecule has 19 heavy (non-hydrogen) atoms. The molecule has 2 rings (SSSR count). The summed E-state index contributed by atoms with van der Waals surface area (Å²) in [6.45, 7) is 0.721. The van der Waals surface area contributed by atoms with Crippen LogP contribution >= 0.6 is 0 Å². The average Bonchev–Trinajstić information content (AvgIpc) is 2.41. The molecule has 5 N–H and O–H groups in total. The van der Waals surface area contributed by atoms with Crippen molar-refractivity contribution >= 4 is 17.4 Å². The lowest BCUT2D eigenvalue weighted by Gasteiger charge is -2.06. The lowest BCUT2D eigenvalue weighted by Crippen LogP contribution is -2.14. The van der Waals surface area contributed by atoms with Gasteiger partial charge in [-0.1, -0.05) is 18.2 Å². The van der Waals surface area contributed by atoms with Crippen molar-refractivity contribution in [2.75, 3.05) is 17.6 Å². The second-order valence-electron chi connectivity index (χ2n) is 4.19. The van der Waals surface area contributed by atoms with E-state index in [2.05, 4.69) is 10.3 Å². The van der Waals surface area contributed by atoms with E-state index >= 15 is 0 Å². The van der Waals surface area contributed by atoms with Crippen molar-refractivity contribution in [3.05, 3.63) is 53.7 Å². The van der Waals surface area contributed by atoms with Crippen LogP contribution in [0.15, 0.2) is 42.5 Å². The summed E-state index contributed by atoms with van der Waals surface area (Å²) in [4.78, 5) is 15.1. The molecule has 0 saturated carbocycles. The molecule has 0 bridgehead atoms. The Bertz CT molecular complexity index is 566. The van der Waals surface area contributed by atoms with Gasteiger partial charge >= 0.3 is 0 Å². The van der Waals surface area contributed by atoms with Crippen LogP contribution in [-0.2, 0) is 6.42 Å². The van der Waals surface area contributed by atoms with Crippen molar-refractivity contribution in [2.45, 2.75) is 6.42 Å². The van der Waals surface area contributed by atoms with E-state index in [4.69, 9.17) is 11.5 Å². The van der Waals surface area contributed by atoms with Gasteiger partial charge in [-0.3, -0.25) is 4.79 Å². The summed E-state index contributed by atoms with van der Waals surface area (Å²) in [5, 5.41) is 3.15. The van der Waals surface area contributed by atoms with Crippen molar-refractivity contribution in [1.82, 2.24) is 4.98 Å². The molecule has 0 radical (unpaired) electrons. The monoisotopic (exact) mass is 256 g/mol. The molecule has 0 fully saturated rings. The summed E-state index contributed by atoms with van der Waals surface area (Å²) in [6.07, 6.45) is 0.850. The van der Waals surface area contributed by atoms with Crippen molar-refractivity contribution in [2.24, 2.45) is 5.73 Å². The van der Waals surface area contributed by atoms with E-state index in [-0.39, 0.29) is 5.69 Å². The van der Waals surface area contributed by atoms with Crippen LogP contribution in [0.1, 0.15) is 16.1 Å². The van der Waals surface area contributed by atoms with Crippen molar-refractivity contribution < 1.29 is 4.79 Å². The van der Waals surface area contributed by atoms with Crippen LogP contribution in [0.5, 0.6) is 0 Å². The minimum Gasteiger partial charge on any atom is -0.399 e. The predicted octanol–water partition coefficient (Wildman–Crippen LogP) is 1.42. The lowest BCUT2D eigenvalue weighted by atomic mass is 10.1. The maximum absolute atomic E-state index is 11.0. The van der Waals surface area contributed by atoms with Crippen molar-refractivity contribution in [1.29, 1.82) is 0 Å². The molecule has 0 aliphatic rings. The number of nitrogen functional groups attached to an aromatic ring is 1. The molecule has 0 aliphatic carbocycles. The summed E-state index contributed by atoms with van der Waals surface area (Å²) in [5.41, 5.74) is 13.0. The third-order valence-corrected chi connectivity index (χ3v) is 2.70. The smallest absolute Gasteiger partial charge is 0.267 e. The van der Waals surface area contributed by atoms with E-state index in [0.717, 1.165) is 18.7 Å². The number of nitrogens with two attached hydrogens (primary N) is 2. The van der Waals surface area contributed by atoms with Crippen LogP contribution in [0.4, 0.5) is 11.5 Å². The number of nitrogens with zero attached hydrogens (tertiary/aromatic N) is 1. The quantitative estimate of drug-likeness (QED) is 0.705. The Morgan fingerprint density at radius 1 is 1.16 bits per heavy atom. The highest BCUT2D eigenvalue weighted by Crippen LogP contribution is 2.08. The summed E-state index contributed by atoms with van der Waals surface area (Å²) < 4.78 is 0. The first-order valence-corrected chi connectivity index (χ1v) is 6.00. The van der Waals surface area contributed by atoms with Gasteiger partial charge in [-0.15, -0.1) is 0 Å². The van der Waals surface area contributed by atoms with E-state index in [1.54, 1.807) is 18.2 Å². The lowest BCUT2D eigenvalue weighted by molar-refractivity contribution is 0.0995. The Kier molecular flexibility index (Phi) is 3.97. The standard InChI is InChI=1S/C14H16N4O/c15-11-6-4-10(5-7-11)8-9-17-13-3-1-2-12(18-13)14(16)19/h1-7H,8-9,15H2,(H2,16,19)(H,17,18). The van der Waals surface area contributed by atoms with Gasteiger partial charge in [-0.25, -0.2) is 4.98 Å². The van der Waals surface area contributed by atoms with Crippen LogP contribution < -0.4 is 16.8 Å². The molecule has 0 spiro atoms. The minimum atomic E-state index is -0.526. The van der Waals surface area contributed by atoms with E-state index in [0.29, 0.717) is 5.82 Å². The third-order valence-electron chi connectivity index (χ3n) is 2.70. The summed E-state index contributed by atoms with van der Waals surface area (Å²) in [6, 6.07) is 12.9. The molecule has 2 aromatic rings. The number of benzene rings is 1. The number of amides is 1. The fourth-order valence-corrected chi connectivity index (χ4v) is 1.69. The second-order valence-corrected chi connectivity index (χ2v) is 4.19. The highest BCUT2D eigenvalue weighted by Gasteiger charge is 2.02. The second kappa shape index (κ2) is 5.86. The Hall–Kier alpha value is -2.56. The van der Waals surface area contributed by atoms with Crippen molar-refractivity contribution in [3.63, 3.8) is 0 Å². The van der Waals surface area contributed by atoms with Gasteiger partial charge in [0.05, 0.1) is 0 Å². The Labute approximate surface area is 111 Å². The van der Waals surface area contributed by atoms with Gasteiger partial charge < -0.3 is 16.8 Å². The number of nitrogens with one attached hydrogen (secondary N) is 1. The number of carbonyl (C=O) groups excluding carboxylic acids is 1. The molecule has 0 atom stereocenters. The zero-order valence-electron chi connectivity index (χ0n) is 10.5. The Balaban J connectivity index is 1.90. The Morgan fingerprint density at radius 2 is 1.89 bits per heavy atom. The zero-order chi connectivity index (χ0) is 13.7. The largest absolute Gasteiger partial charge is 0.399 e. The molecule has 1 aromatic carbocycles. The molecular weight excluding hydrogens is 240 g/mol. The van der Waals surface area contributed by atoms with Crippen LogP contribution in [-0.4, -0.2) is 17.4 Å². The van der Waals surface area contributed by atoms with Gasteiger partial charge in [-0.2, -0.15) is 0 Å². The number of rotatable bonds is 5. The predicted molar refractivity (Wildman–Crippen MR) is 75.8 cm³/mol. The topological polar surface area (TPSA) is 94.0 Å². The maximum atomic E-state index is 11.0. The minimum absolute atomic E-state index is 0.262. The van der Waals surface area contributed by atoms with E-state index in [1.165, 1.54) is 5.56 Å². The third kappa shape index (κ3) is 3.70. The van der Waals surface area contributed by atoms with Gasteiger partial charge in [0.25, 0.3) is 5.91 Å². The highest BCUT2D eigenvalue weighted by molar-refractivity contribution is 5.91. The SMILES string of the molecule is NC(=O)c1cccc(NCCc2ccc(N)cc2)n1. The van der Waals surface area contributed by atoms with Crippen LogP contribution in [0.2, 0.25) is 0 Å². The van der Waals surface area contributed by atoms with Crippen LogP contribution in [0, 0.1) is 0 Å². The zero-order valence-corrected chi connectivity index (χ0v) is 10.5. The number of carbonyl (C=O) groups is 1. The molecule has 0 aliphatic heterocycles. The highest BCUT2D eigenvalue weighted by atomic mass is 16.1. The molecule has 1 aromatic heterocycles. The molecule has 0 unspecified atom stereocenters. The first-order valence-electron chi connectivity index (χ1n) is 6.00. The van der Waals surface area contributed by atoms with Gasteiger partial charge in [0, 0.05) is 12.2 Å². The molecule has 0 saturated heterocycles. The van der Waals surface area contributed by atoms with Gasteiger partial charge in [0.2, 0.25) is 0 Å². The number of hydrogen-bond acceptors (Lipinski definition) is 4. The number of pyridine rings is 1. The first-order chi connectivity index (χ1) is 9.15.